The second-order valence-electron chi connectivity index (χ2n) is 3.61. The molecule has 2 heterocycles. The number of nitrogens with zero attached hydrogens (tertiary/aromatic N) is 3. The summed E-state index contributed by atoms with van der Waals surface area (Å²) in [7, 11) is 0. The van der Waals surface area contributed by atoms with Crippen molar-refractivity contribution in [2.24, 2.45) is 0 Å². The molecule has 17 heavy (non-hydrogen) atoms. The van der Waals surface area contributed by atoms with Gasteiger partial charge < -0.3 is 5.32 Å². The second-order valence-corrected chi connectivity index (χ2v) is 4.47. The summed E-state index contributed by atoms with van der Waals surface area (Å²) in [6.45, 7) is 4.86. The monoisotopic (exact) mass is 292 g/mol. The van der Waals surface area contributed by atoms with Crippen LogP contribution in [0.4, 0.5) is 5.82 Å². The molecular formula is C12H13BrN4. The lowest BCUT2D eigenvalue weighted by atomic mass is 10.1. The largest absolute Gasteiger partial charge is 0.369 e. The number of halogens is 1. The van der Waals surface area contributed by atoms with Crippen molar-refractivity contribution >= 4 is 21.7 Å². The molecule has 2 aromatic rings. The van der Waals surface area contributed by atoms with Gasteiger partial charge in [-0.1, -0.05) is 0 Å². The van der Waals surface area contributed by atoms with Crippen molar-refractivity contribution in [3.63, 3.8) is 0 Å². The van der Waals surface area contributed by atoms with Gasteiger partial charge >= 0.3 is 0 Å². The van der Waals surface area contributed by atoms with Crippen LogP contribution in [0.1, 0.15) is 12.5 Å². The summed E-state index contributed by atoms with van der Waals surface area (Å²) in [5.74, 6) is 1.53. The zero-order valence-electron chi connectivity index (χ0n) is 9.74. The highest BCUT2D eigenvalue weighted by Gasteiger charge is 2.08. The van der Waals surface area contributed by atoms with Crippen molar-refractivity contribution in [2.75, 3.05) is 11.9 Å². The van der Waals surface area contributed by atoms with Gasteiger partial charge in [0.2, 0.25) is 0 Å². The van der Waals surface area contributed by atoms with Gasteiger partial charge in [-0.2, -0.15) is 0 Å². The molecule has 0 saturated heterocycles. The normalized spacial score (nSPS) is 10.3. The molecule has 2 aromatic heterocycles. The maximum atomic E-state index is 4.50. The van der Waals surface area contributed by atoms with Crippen LogP contribution in [0.5, 0.6) is 0 Å². The number of hydrogen-bond donors (Lipinski definition) is 1. The third-order valence-electron chi connectivity index (χ3n) is 2.35. The van der Waals surface area contributed by atoms with E-state index in [0.29, 0.717) is 5.82 Å². The lowest BCUT2D eigenvalue weighted by Gasteiger charge is -2.08. The Labute approximate surface area is 109 Å². The summed E-state index contributed by atoms with van der Waals surface area (Å²) in [5.41, 5.74) is 2.07. The molecule has 0 spiro atoms. The third-order valence-corrected chi connectivity index (χ3v) is 2.93. The fourth-order valence-corrected chi connectivity index (χ4v) is 1.84. The topological polar surface area (TPSA) is 50.7 Å². The molecule has 5 heteroatoms. The van der Waals surface area contributed by atoms with Gasteiger partial charge in [0, 0.05) is 30.7 Å². The molecule has 0 radical (unpaired) electrons. The number of anilines is 1. The Kier molecular flexibility index (Phi) is 3.68. The summed E-state index contributed by atoms with van der Waals surface area (Å²) in [5, 5.41) is 3.19. The Hall–Kier alpha value is -1.49. The van der Waals surface area contributed by atoms with E-state index in [1.165, 1.54) is 0 Å². The van der Waals surface area contributed by atoms with Gasteiger partial charge in [-0.3, -0.25) is 4.98 Å². The van der Waals surface area contributed by atoms with Crippen LogP contribution in [0.25, 0.3) is 11.4 Å². The van der Waals surface area contributed by atoms with Gasteiger partial charge in [0.05, 0.1) is 4.47 Å². The zero-order chi connectivity index (χ0) is 12.3. The molecule has 0 aromatic carbocycles. The van der Waals surface area contributed by atoms with Crippen molar-refractivity contribution in [2.45, 2.75) is 13.8 Å². The van der Waals surface area contributed by atoms with Crippen LogP contribution < -0.4 is 5.32 Å². The molecule has 0 bridgehead atoms. The third kappa shape index (κ3) is 2.61. The molecule has 0 unspecified atom stereocenters. The Morgan fingerprint density at radius 2 is 2.18 bits per heavy atom. The average molecular weight is 293 g/mol. The van der Waals surface area contributed by atoms with Crippen molar-refractivity contribution in [1.29, 1.82) is 0 Å². The Morgan fingerprint density at radius 3 is 2.88 bits per heavy atom. The minimum absolute atomic E-state index is 0.712. The quantitative estimate of drug-likeness (QED) is 0.945. The Balaban J connectivity index is 2.46. The number of pyridine rings is 1. The number of nitrogens with one attached hydrogen (secondary N) is 1. The second kappa shape index (κ2) is 5.23. The molecule has 0 amide bonds. The molecule has 0 aliphatic heterocycles. The van der Waals surface area contributed by atoms with Gasteiger partial charge in [0.1, 0.15) is 5.82 Å². The highest BCUT2D eigenvalue weighted by atomic mass is 79.9. The van der Waals surface area contributed by atoms with Gasteiger partial charge in [0.25, 0.3) is 0 Å². The van der Waals surface area contributed by atoms with E-state index in [9.17, 15) is 0 Å². The van der Waals surface area contributed by atoms with Crippen molar-refractivity contribution < 1.29 is 0 Å². The fourth-order valence-electron chi connectivity index (χ4n) is 1.51. The average Bonchev–Trinajstić information content (AvgIpc) is 2.33. The van der Waals surface area contributed by atoms with E-state index in [2.05, 4.69) is 36.2 Å². The summed E-state index contributed by atoms with van der Waals surface area (Å²) in [6.07, 6.45) is 5.33. The van der Waals surface area contributed by atoms with Crippen LogP contribution in [0, 0.1) is 6.92 Å². The molecule has 88 valence electrons. The minimum Gasteiger partial charge on any atom is -0.369 e. The summed E-state index contributed by atoms with van der Waals surface area (Å²) < 4.78 is 0.870. The summed E-state index contributed by atoms with van der Waals surface area (Å²) >= 11 is 3.42. The molecule has 2 rings (SSSR count). The number of aromatic nitrogens is 3. The van der Waals surface area contributed by atoms with Crippen LogP contribution in [0.15, 0.2) is 29.1 Å². The zero-order valence-corrected chi connectivity index (χ0v) is 11.3. The SMILES string of the molecule is CCNc1nc(-c2ccncc2C)ncc1Br. The predicted octanol–water partition coefficient (Wildman–Crippen LogP) is 3.04. The van der Waals surface area contributed by atoms with Gasteiger partial charge in [-0.15, -0.1) is 0 Å². The van der Waals surface area contributed by atoms with Gasteiger partial charge in [0.15, 0.2) is 5.82 Å². The first-order chi connectivity index (χ1) is 8.22. The van der Waals surface area contributed by atoms with E-state index in [-0.39, 0.29) is 0 Å². The highest BCUT2D eigenvalue weighted by molar-refractivity contribution is 9.10. The molecular weight excluding hydrogens is 280 g/mol. The first-order valence-corrected chi connectivity index (χ1v) is 6.19. The maximum Gasteiger partial charge on any atom is 0.161 e. The van der Waals surface area contributed by atoms with Crippen LogP contribution in [0.2, 0.25) is 0 Å². The Bertz CT molecular complexity index is 528. The maximum absolute atomic E-state index is 4.50. The van der Waals surface area contributed by atoms with Crippen LogP contribution in [-0.4, -0.2) is 21.5 Å². The fraction of sp³-hybridized carbons (Fsp3) is 0.250. The number of aryl methyl sites for hydroxylation is 1. The van der Waals surface area contributed by atoms with E-state index in [0.717, 1.165) is 28.0 Å². The molecule has 0 saturated carbocycles. The van der Waals surface area contributed by atoms with E-state index in [1.54, 1.807) is 12.4 Å². The highest BCUT2D eigenvalue weighted by Crippen LogP contribution is 2.24. The van der Waals surface area contributed by atoms with Crippen LogP contribution >= 0.6 is 15.9 Å². The number of hydrogen-bond acceptors (Lipinski definition) is 4. The predicted molar refractivity (Wildman–Crippen MR) is 71.9 cm³/mol. The lowest BCUT2D eigenvalue weighted by Crippen LogP contribution is -2.02. The molecule has 0 aliphatic carbocycles. The van der Waals surface area contributed by atoms with Crippen molar-refractivity contribution in [3.05, 3.63) is 34.7 Å². The minimum atomic E-state index is 0.712. The molecule has 4 nitrogen and oxygen atoms in total. The van der Waals surface area contributed by atoms with Crippen LogP contribution in [-0.2, 0) is 0 Å². The number of rotatable bonds is 3. The van der Waals surface area contributed by atoms with Crippen LogP contribution in [0.3, 0.4) is 0 Å². The van der Waals surface area contributed by atoms with Crippen molar-refractivity contribution in [3.8, 4) is 11.4 Å². The van der Waals surface area contributed by atoms with E-state index < -0.39 is 0 Å². The van der Waals surface area contributed by atoms with E-state index >= 15 is 0 Å². The smallest absolute Gasteiger partial charge is 0.161 e. The molecule has 1 N–H and O–H groups in total. The summed E-state index contributed by atoms with van der Waals surface area (Å²) in [4.78, 5) is 12.9. The molecule has 0 fully saturated rings. The van der Waals surface area contributed by atoms with E-state index in [1.807, 2.05) is 26.1 Å². The van der Waals surface area contributed by atoms with Gasteiger partial charge in [-0.05, 0) is 41.4 Å². The van der Waals surface area contributed by atoms with E-state index in [4.69, 9.17) is 0 Å². The summed E-state index contributed by atoms with van der Waals surface area (Å²) in [6, 6.07) is 1.92. The Morgan fingerprint density at radius 1 is 1.35 bits per heavy atom. The molecule has 0 aliphatic rings. The first-order valence-electron chi connectivity index (χ1n) is 5.39. The van der Waals surface area contributed by atoms with Gasteiger partial charge in [-0.25, -0.2) is 9.97 Å². The first kappa shape index (κ1) is 12.0. The lowest BCUT2D eigenvalue weighted by molar-refractivity contribution is 1.10. The van der Waals surface area contributed by atoms with Crippen molar-refractivity contribution in [1.82, 2.24) is 15.0 Å². The molecule has 0 atom stereocenters. The standard InChI is InChI=1S/C12H13BrN4/c1-3-15-12-10(13)7-16-11(17-12)9-4-5-14-6-8(9)2/h4-7H,3H2,1-2H3,(H,15,16,17).